The van der Waals surface area contributed by atoms with Gasteiger partial charge in [-0.2, -0.15) is 0 Å². The second-order valence-electron chi connectivity index (χ2n) is 6.48. The third-order valence-electron chi connectivity index (χ3n) is 4.61. The van der Waals surface area contributed by atoms with E-state index < -0.39 is 5.56 Å². The van der Waals surface area contributed by atoms with Crippen LogP contribution in [0.25, 0.3) is 22.3 Å². The molecule has 0 spiro atoms. The predicted octanol–water partition coefficient (Wildman–Crippen LogP) is 5.14. The number of para-hydroxylation sites is 2. The average Bonchev–Trinajstić information content (AvgIpc) is 2.72. The van der Waals surface area contributed by atoms with Crippen LogP contribution in [-0.2, 0) is 0 Å². The highest BCUT2D eigenvalue weighted by atomic mass is 35.5. The van der Waals surface area contributed by atoms with Crippen LogP contribution >= 0.6 is 11.6 Å². The molecule has 0 saturated carbocycles. The fraction of sp³-hybridized carbons (Fsp3) is 0. The number of halogens is 1. The zero-order valence-electron chi connectivity index (χ0n) is 15.3. The highest BCUT2D eigenvalue weighted by molar-refractivity contribution is 6.31. The molecule has 0 unspecified atom stereocenters. The SMILES string of the molecule is C=C(Nc1cc(Cl)ccc1O)c1c(O)c2ccccc2n(-c2ccccc2)c1=O. The first kappa shape index (κ1) is 18.7. The summed E-state index contributed by atoms with van der Waals surface area (Å²) in [4.78, 5) is 13.4. The zero-order chi connectivity index (χ0) is 20.5. The molecule has 5 nitrogen and oxygen atoms in total. The van der Waals surface area contributed by atoms with Gasteiger partial charge in [-0.1, -0.05) is 48.5 Å². The van der Waals surface area contributed by atoms with Gasteiger partial charge < -0.3 is 15.5 Å². The summed E-state index contributed by atoms with van der Waals surface area (Å²) < 4.78 is 1.52. The highest BCUT2D eigenvalue weighted by Crippen LogP contribution is 2.34. The summed E-state index contributed by atoms with van der Waals surface area (Å²) in [6, 6.07) is 20.7. The van der Waals surface area contributed by atoms with E-state index in [1.54, 1.807) is 30.3 Å². The van der Waals surface area contributed by atoms with Crippen molar-refractivity contribution >= 4 is 33.9 Å². The molecule has 144 valence electrons. The van der Waals surface area contributed by atoms with Crippen LogP contribution in [0.15, 0.2) is 84.2 Å². The van der Waals surface area contributed by atoms with Gasteiger partial charge in [-0.05, 0) is 42.5 Å². The molecule has 3 N–H and O–H groups in total. The zero-order valence-corrected chi connectivity index (χ0v) is 16.0. The Hall–Kier alpha value is -3.70. The van der Waals surface area contributed by atoms with E-state index in [0.717, 1.165) is 0 Å². The molecule has 0 aliphatic heterocycles. The Morgan fingerprint density at radius 3 is 2.41 bits per heavy atom. The molecule has 0 radical (unpaired) electrons. The second kappa shape index (κ2) is 7.37. The number of pyridine rings is 1. The van der Waals surface area contributed by atoms with E-state index in [-0.39, 0.29) is 28.4 Å². The maximum atomic E-state index is 13.4. The van der Waals surface area contributed by atoms with Crippen molar-refractivity contribution in [2.24, 2.45) is 0 Å². The van der Waals surface area contributed by atoms with Crippen LogP contribution in [0.5, 0.6) is 11.5 Å². The minimum absolute atomic E-state index is 0.00642. The number of aromatic hydroxyl groups is 2. The van der Waals surface area contributed by atoms with Gasteiger partial charge >= 0.3 is 0 Å². The fourth-order valence-corrected chi connectivity index (χ4v) is 3.44. The van der Waals surface area contributed by atoms with Gasteiger partial charge in [0.05, 0.1) is 11.2 Å². The van der Waals surface area contributed by atoms with E-state index in [9.17, 15) is 15.0 Å². The van der Waals surface area contributed by atoms with Crippen molar-refractivity contribution in [3.63, 3.8) is 0 Å². The number of nitrogens with one attached hydrogen (secondary N) is 1. The van der Waals surface area contributed by atoms with E-state index in [1.807, 2.05) is 30.3 Å². The summed E-state index contributed by atoms with van der Waals surface area (Å²) in [6.45, 7) is 3.92. The van der Waals surface area contributed by atoms with E-state index in [1.165, 1.54) is 16.7 Å². The summed E-state index contributed by atoms with van der Waals surface area (Å²) >= 11 is 6.00. The minimum atomic E-state index is -0.439. The molecule has 4 aromatic rings. The Balaban J connectivity index is 1.94. The Labute approximate surface area is 171 Å². The van der Waals surface area contributed by atoms with Crippen LogP contribution in [-0.4, -0.2) is 14.8 Å². The van der Waals surface area contributed by atoms with E-state index in [0.29, 0.717) is 21.6 Å². The molecule has 0 saturated heterocycles. The normalized spacial score (nSPS) is 10.8. The molecule has 0 amide bonds. The Morgan fingerprint density at radius 1 is 0.966 bits per heavy atom. The van der Waals surface area contributed by atoms with Crippen molar-refractivity contribution in [2.75, 3.05) is 5.32 Å². The summed E-state index contributed by atoms with van der Waals surface area (Å²) in [5, 5.41) is 24.7. The van der Waals surface area contributed by atoms with Gasteiger partial charge in [-0.3, -0.25) is 9.36 Å². The van der Waals surface area contributed by atoms with Crippen molar-refractivity contribution in [1.29, 1.82) is 0 Å². The van der Waals surface area contributed by atoms with Crippen molar-refractivity contribution < 1.29 is 10.2 Å². The lowest BCUT2D eigenvalue weighted by atomic mass is 10.1. The topological polar surface area (TPSA) is 74.5 Å². The predicted molar refractivity (Wildman–Crippen MR) is 117 cm³/mol. The molecular formula is C23H17ClN2O3. The van der Waals surface area contributed by atoms with E-state index >= 15 is 0 Å². The molecule has 0 fully saturated rings. The fourth-order valence-electron chi connectivity index (χ4n) is 3.26. The molecule has 1 aromatic heterocycles. The van der Waals surface area contributed by atoms with Gasteiger partial charge in [-0.25, -0.2) is 0 Å². The molecule has 1 heterocycles. The maximum Gasteiger partial charge on any atom is 0.268 e. The minimum Gasteiger partial charge on any atom is -0.506 e. The lowest BCUT2D eigenvalue weighted by Crippen LogP contribution is -2.24. The van der Waals surface area contributed by atoms with Crippen LogP contribution in [0.3, 0.4) is 0 Å². The number of benzene rings is 3. The Kier molecular flexibility index (Phi) is 4.74. The van der Waals surface area contributed by atoms with E-state index in [4.69, 9.17) is 11.6 Å². The number of anilines is 1. The van der Waals surface area contributed by atoms with E-state index in [2.05, 4.69) is 11.9 Å². The molecule has 6 heteroatoms. The second-order valence-corrected chi connectivity index (χ2v) is 6.92. The van der Waals surface area contributed by atoms with Crippen LogP contribution in [0.1, 0.15) is 5.56 Å². The standard InChI is InChI=1S/C23H17ClN2O3/c1-14(25-18-13-15(24)11-12-20(18)27)21-22(28)17-9-5-6-10-19(17)26(23(21)29)16-7-3-2-4-8-16/h2-13,25,27-28H,1H2. The number of phenolic OH excluding ortho intramolecular Hbond substituents is 1. The molecule has 0 bridgehead atoms. The first-order valence-electron chi connectivity index (χ1n) is 8.84. The van der Waals surface area contributed by atoms with Gasteiger partial charge in [0, 0.05) is 21.8 Å². The number of aromatic nitrogens is 1. The lowest BCUT2D eigenvalue weighted by molar-refractivity contribution is 0.476. The van der Waals surface area contributed by atoms with Crippen LogP contribution in [0.4, 0.5) is 5.69 Å². The molecule has 0 aliphatic carbocycles. The third-order valence-corrected chi connectivity index (χ3v) is 4.85. The molecule has 3 aromatic carbocycles. The number of rotatable bonds is 4. The Bertz CT molecular complexity index is 1300. The summed E-state index contributed by atoms with van der Waals surface area (Å²) in [5.41, 5.74) is 1.22. The number of fused-ring (bicyclic) bond motifs is 1. The van der Waals surface area contributed by atoms with Crippen LogP contribution in [0, 0.1) is 0 Å². The van der Waals surface area contributed by atoms with Gasteiger partial charge in [0.1, 0.15) is 17.1 Å². The monoisotopic (exact) mass is 404 g/mol. The quantitative estimate of drug-likeness (QED) is 0.412. The molecule has 0 aliphatic rings. The number of phenols is 1. The molecule has 4 rings (SSSR count). The van der Waals surface area contributed by atoms with Gasteiger partial charge in [-0.15, -0.1) is 0 Å². The Morgan fingerprint density at radius 2 is 1.66 bits per heavy atom. The van der Waals surface area contributed by atoms with Crippen molar-refractivity contribution in [3.05, 3.63) is 100 Å². The third kappa shape index (κ3) is 3.32. The van der Waals surface area contributed by atoms with Gasteiger partial charge in [0.15, 0.2) is 0 Å². The summed E-state index contributed by atoms with van der Waals surface area (Å²) in [6.07, 6.45) is 0. The first-order chi connectivity index (χ1) is 14.0. The van der Waals surface area contributed by atoms with Crippen LogP contribution < -0.4 is 10.9 Å². The van der Waals surface area contributed by atoms with Gasteiger partial charge in [0.2, 0.25) is 0 Å². The van der Waals surface area contributed by atoms with Crippen molar-refractivity contribution in [2.45, 2.75) is 0 Å². The maximum absolute atomic E-state index is 13.4. The average molecular weight is 405 g/mol. The molecule has 29 heavy (non-hydrogen) atoms. The van der Waals surface area contributed by atoms with Gasteiger partial charge in [0.25, 0.3) is 5.56 Å². The molecule has 0 atom stereocenters. The molecular weight excluding hydrogens is 388 g/mol. The smallest absolute Gasteiger partial charge is 0.268 e. The van der Waals surface area contributed by atoms with Crippen molar-refractivity contribution in [3.8, 4) is 17.2 Å². The lowest BCUT2D eigenvalue weighted by Gasteiger charge is -2.17. The first-order valence-corrected chi connectivity index (χ1v) is 9.22. The largest absolute Gasteiger partial charge is 0.506 e. The number of hydrogen-bond acceptors (Lipinski definition) is 4. The van der Waals surface area contributed by atoms with Crippen LogP contribution in [0.2, 0.25) is 5.02 Å². The number of hydrogen-bond donors (Lipinski definition) is 3. The summed E-state index contributed by atoms with van der Waals surface area (Å²) in [5.74, 6) is -0.240. The highest BCUT2D eigenvalue weighted by Gasteiger charge is 2.20. The van der Waals surface area contributed by atoms with Crippen molar-refractivity contribution in [1.82, 2.24) is 4.57 Å². The summed E-state index contributed by atoms with van der Waals surface area (Å²) in [7, 11) is 0. The number of nitrogens with zero attached hydrogens (tertiary/aromatic N) is 1.